The fraction of sp³-hybridized carbons (Fsp3) is 0.588. The van der Waals surface area contributed by atoms with Crippen molar-refractivity contribution in [2.24, 2.45) is 5.41 Å². The van der Waals surface area contributed by atoms with Gasteiger partial charge in [-0.15, -0.1) is 0 Å². The lowest BCUT2D eigenvalue weighted by atomic mass is 9.53. The molecule has 0 radical (unpaired) electrons. The highest BCUT2D eigenvalue weighted by atomic mass is 19.3. The molecule has 23 heavy (non-hydrogen) atoms. The summed E-state index contributed by atoms with van der Waals surface area (Å²) in [5.74, 6) is -3.03. The average Bonchev–Trinajstić information content (AvgIpc) is 2.51. The van der Waals surface area contributed by atoms with Crippen molar-refractivity contribution >= 4 is 6.09 Å². The van der Waals surface area contributed by atoms with Crippen LogP contribution in [0.4, 0.5) is 13.6 Å². The van der Waals surface area contributed by atoms with Crippen LogP contribution in [0.3, 0.4) is 0 Å². The van der Waals surface area contributed by atoms with E-state index in [1.807, 2.05) is 37.3 Å². The van der Waals surface area contributed by atoms with Gasteiger partial charge < -0.3 is 15.3 Å². The highest BCUT2D eigenvalue weighted by molar-refractivity contribution is 5.65. The third-order valence-electron chi connectivity index (χ3n) is 5.77. The molecule has 1 aromatic rings. The van der Waals surface area contributed by atoms with Crippen molar-refractivity contribution in [3.05, 3.63) is 35.9 Å². The SMILES string of the molecule is CCC1(Cc2ccccc2)NCC12CCN(C(=O)O)CC2(F)F. The van der Waals surface area contributed by atoms with Gasteiger partial charge in [0.15, 0.2) is 0 Å². The van der Waals surface area contributed by atoms with Crippen molar-refractivity contribution < 1.29 is 18.7 Å². The molecule has 0 aliphatic carbocycles. The van der Waals surface area contributed by atoms with Gasteiger partial charge in [-0.3, -0.25) is 0 Å². The fourth-order valence-electron chi connectivity index (χ4n) is 4.27. The van der Waals surface area contributed by atoms with Crippen LogP contribution in [0.5, 0.6) is 0 Å². The van der Waals surface area contributed by atoms with Crippen molar-refractivity contribution in [2.45, 2.75) is 37.6 Å². The minimum absolute atomic E-state index is 0.170. The van der Waals surface area contributed by atoms with Gasteiger partial charge in [0, 0.05) is 18.6 Å². The Morgan fingerprint density at radius 2 is 2.04 bits per heavy atom. The maximum absolute atomic E-state index is 15.0. The molecular formula is C17H22F2N2O2. The zero-order chi connectivity index (χ0) is 16.7. The number of nitrogens with one attached hydrogen (secondary N) is 1. The van der Waals surface area contributed by atoms with E-state index in [9.17, 15) is 13.6 Å². The highest BCUT2D eigenvalue weighted by Gasteiger charge is 2.71. The van der Waals surface area contributed by atoms with Crippen LogP contribution in [0, 0.1) is 5.41 Å². The van der Waals surface area contributed by atoms with E-state index in [2.05, 4.69) is 5.32 Å². The Morgan fingerprint density at radius 3 is 2.52 bits per heavy atom. The molecule has 6 heteroatoms. The molecule has 1 spiro atoms. The molecule has 2 heterocycles. The van der Waals surface area contributed by atoms with E-state index in [0.717, 1.165) is 10.5 Å². The van der Waals surface area contributed by atoms with Crippen molar-refractivity contribution in [3.8, 4) is 0 Å². The average molecular weight is 324 g/mol. The van der Waals surface area contributed by atoms with Gasteiger partial charge in [0.2, 0.25) is 0 Å². The molecule has 2 aliphatic rings. The second kappa shape index (κ2) is 5.44. The van der Waals surface area contributed by atoms with Crippen LogP contribution >= 0.6 is 0 Å². The first-order valence-corrected chi connectivity index (χ1v) is 8.00. The minimum Gasteiger partial charge on any atom is -0.465 e. The lowest BCUT2D eigenvalue weighted by Gasteiger charge is -2.65. The highest BCUT2D eigenvalue weighted by Crippen LogP contribution is 2.57. The van der Waals surface area contributed by atoms with Crippen molar-refractivity contribution in [1.82, 2.24) is 10.2 Å². The summed E-state index contributed by atoms with van der Waals surface area (Å²) in [6.45, 7) is 1.63. The molecule has 0 saturated carbocycles. The maximum atomic E-state index is 15.0. The van der Waals surface area contributed by atoms with Gasteiger partial charge in [0.1, 0.15) is 0 Å². The zero-order valence-electron chi connectivity index (χ0n) is 13.2. The number of hydrogen-bond acceptors (Lipinski definition) is 2. The second-order valence-electron chi connectivity index (χ2n) is 6.69. The van der Waals surface area contributed by atoms with Crippen LogP contribution in [0.2, 0.25) is 0 Å². The number of alkyl halides is 2. The van der Waals surface area contributed by atoms with E-state index < -0.39 is 29.5 Å². The number of hydrogen-bond donors (Lipinski definition) is 2. The standard InChI is InChI=1S/C17H22F2N2O2/c1-2-16(10-13-6-4-3-5-7-13)15(11-20-16)8-9-21(14(22)23)12-17(15,18)19/h3-7,20H,2,8-12H2,1H3,(H,22,23). The Bertz CT molecular complexity index is 592. The van der Waals surface area contributed by atoms with Gasteiger partial charge in [-0.1, -0.05) is 37.3 Å². The Labute approximate surface area is 134 Å². The van der Waals surface area contributed by atoms with Crippen LogP contribution in [0.15, 0.2) is 30.3 Å². The molecule has 0 aromatic heterocycles. The van der Waals surface area contributed by atoms with E-state index in [-0.39, 0.29) is 19.5 Å². The molecule has 3 rings (SSSR count). The van der Waals surface area contributed by atoms with Gasteiger partial charge in [-0.2, -0.15) is 0 Å². The van der Waals surface area contributed by atoms with E-state index in [1.165, 1.54) is 0 Å². The molecule has 4 nitrogen and oxygen atoms in total. The van der Waals surface area contributed by atoms with Gasteiger partial charge >= 0.3 is 6.09 Å². The predicted octanol–water partition coefficient (Wildman–Crippen LogP) is 2.99. The first-order valence-electron chi connectivity index (χ1n) is 8.00. The van der Waals surface area contributed by atoms with Crippen LogP contribution in [-0.4, -0.2) is 47.2 Å². The summed E-state index contributed by atoms with van der Waals surface area (Å²) in [4.78, 5) is 11.9. The molecule has 126 valence electrons. The van der Waals surface area contributed by atoms with E-state index in [4.69, 9.17) is 5.11 Å². The third-order valence-corrected chi connectivity index (χ3v) is 5.77. The third kappa shape index (κ3) is 2.31. The molecule has 2 aliphatic heterocycles. The van der Waals surface area contributed by atoms with Crippen molar-refractivity contribution in [3.63, 3.8) is 0 Å². The van der Waals surface area contributed by atoms with Crippen LogP contribution in [0.25, 0.3) is 0 Å². The Hall–Kier alpha value is -1.69. The topological polar surface area (TPSA) is 52.6 Å². The molecule has 2 atom stereocenters. The van der Waals surface area contributed by atoms with Gasteiger partial charge in [0.25, 0.3) is 5.92 Å². The van der Waals surface area contributed by atoms with E-state index >= 15 is 0 Å². The summed E-state index contributed by atoms with van der Waals surface area (Å²) in [6.07, 6.45) is 0.0503. The van der Waals surface area contributed by atoms with Crippen LogP contribution < -0.4 is 5.32 Å². The number of nitrogens with zero attached hydrogens (tertiary/aromatic N) is 1. The smallest absolute Gasteiger partial charge is 0.407 e. The van der Waals surface area contributed by atoms with Gasteiger partial charge in [-0.25, -0.2) is 13.6 Å². The molecule has 2 unspecified atom stereocenters. The summed E-state index contributed by atoms with van der Waals surface area (Å²) < 4.78 is 29.9. The van der Waals surface area contributed by atoms with Crippen molar-refractivity contribution in [2.75, 3.05) is 19.6 Å². The molecular weight excluding hydrogens is 302 g/mol. The van der Waals surface area contributed by atoms with Crippen molar-refractivity contribution in [1.29, 1.82) is 0 Å². The number of amides is 1. The number of piperidine rings is 1. The quantitative estimate of drug-likeness (QED) is 0.899. The van der Waals surface area contributed by atoms with E-state index in [0.29, 0.717) is 12.8 Å². The summed E-state index contributed by atoms with van der Waals surface area (Å²) in [6, 6.07) is 9.64. The Balaban J connectivity index is 1.90. The number of benzene rings is 1. The van der Waals surface area contributed by atoms with Crippen LogP contribution in [-0.2, 0) is 6.42 Å². The summed E-state index contributed by atoms with van der Waals surface area (Å²) in [7, 11) is 0. The molecule has 2 N–H and O–H groups in total. The van der Waals surface area contributed by atoms with E-state index in [1.54, 1.807) is 0 Å². The molecule has 2 fully saturated rings. The number of halogens is 2. The molecule has 1 aromatic carbocycles. The first-order chi connectivity index (χ1) is 10.9. The zero-order valence-corrected chi connectivity index (χ0v) is 13.2. The summed E-state index contributed by atoms with van der Waals surface area (Å²) >= 11 is 0. The molecule has 0 bridgehead atoms. The number of rotatable bonds is 3. The number of likely N-dealkylation sites (tertiary alicyclic amines) is 1. The fourth-order valence-corrected chi connectivity index (χ4v) is 4.27. The lowest BCUT2D eigenvalue weighted by Crippen LogP contribution is -2.82. The molecule has 1 amide bonds. The predicted molar refractivity (Wildman–Crippen MR) is 82.8 cm³/mol. The Morgan fingerprint density at radius 1 is 1.35 bits per heavy atom. The maximum Gasteiger partial charge on any atom is 0.407 e. The van der Waals surface area contributed by atoms with Crippen LogP contribution in [0.1, 0.15) is 25.3 Å². The number of carbonyl (C=O) groups is 1. The molecule has 2 saturated heterocycles. The summed E-state index contributed by atoms with van der Waals surface area (Å²) in [5, 5.41) is 12.3. The Kier molecular flexibility index (Phi) is 3.83. The lowest BCUT2D eigenvalue weighted by molar-refractivity contribution is -0.238. The minimum atomic E-state index is -3.03. The summed E-state index contributed by atoms with van der Waals surface area (Å²) in [5.41, 5.74) is -0.823. The number of carboxylic acid groups (broad SMARTS) is 1. The first kappa shape index (κ1) is 16.2. The normalized spacial score (nSPS) is 32.6. The monoisotopic (exact) mass is 324 g/mol. The largest absolute Gasteiger partial charge is 0.465 e. The van der Waals surface area contributed by atoms with Gasteiger partial charge in [-0.05, 0) is 24.8 Å². The second-order valence-corrected chi connectivity index (χ2v) is 6.69. The van der Waals surface area contributed by atoms with Gasteiger partial charge in [0.05, 0.1) is 12.0 Å².